The quantitative estimate of drug-likeness (QED) is 0.844. The molecule has 3 rings (SSSR count). The molecule has 1 amide bonds. The van der Waals surface area contributed by atoms with Crippen molar-refractivity contribution in [2.75, 3.05) is 45.9 Å². The van der Waals surface area contributed by atoms with E-state index in [0.29, 0.717) is 18.1 Å². The monoisotopic (exact) mass is 309 g/mol. The first-order valence-corrected chi connectivity index (χ1v) is 9.08. The summed E-state index contributed by atoms with van der Waals surface area (Å²) in [7, 11) is 0. The molecule has 0 aromatic heterocycles. The summed E-state index contributed by atoms with van der Waals surface area (Å²) in [5.74, 6) is 0.795. The predicted molar refractivity (Wildman–Crippen MR) is 86.8 cm³/mol. The third-order valence-corrected chi connectivity index (χ3v) is 5.64. The molecule has 2 aliphatic heterocycles. The highest BCUT2D eigenvalue weighted by atomic mass is 16.5. The molecule has 3 fully saturated rings. The van der Waals surface area contributed by atoms with Gasteiger partial charge in [0.15, 0.2) is 0 Å². The number of ether oxygens (including phenoxy) is 1. The van der Waals surface area contributed by atoms with Gasteiger partial charge in [-0.3, -0.25) is 9.69 Å². The van der Waals surface area contributed by atoms with Crippen LogP contribution in [0.1, 0.15) is 39.0 Å². The van der Waals surface area contributed by atoms with Crippen molar-refractivity contribution in [3.8, 4) is 0 Å². The maximum atomic E-state index is 12.4. The van der Waals surface area contributed by atoms with Gasteiger partial charge in [0.25, 0.3) is 0 Å². The van der Waals surface area contributed by atoms with E-state index in [2.05, 4.69) is 17.1 Å². The van der Waals surface area contributed by atoms with E-state index in [9.17, 15) is 4.79 Å². The SMILES string of the molecule is CC1CCCCC1OCC(=O)N1CCC(N2CCNCC2)C1. The fourth-order valence-corrected chi connectivity index (χ4v) is 4.11. The lowest BCUT2D eigenvalue weighted by atomic mass is 9.88. The molecule has 2 saturated heterocycles. The highest BCUT2D eigenvalue weighted by molar-refractivity contribution is 5.77. The Hall–Kier alpha value is -0.650. The van der Waals surface area contributed by atoms with Crippen LogP contribution in [-0.4, -0.2) is 73.7 Å². The average Bonchev–Trinajstić information content (AvgIpc) is 3.05. The molecule has 0 radical (unpaired) electrons. The molecule has 3 unspecified atom stereocenters. The minimum Gasteiger partial charge on any atom is -0.368 e. The lowest BCUT2D eigenvalue weighted by molar-refractivity contribution is -0.139. The smallest absolute Gasteiger partial charge is 0.248 e. The topological polar surface area (TPSA) is 44.8 Å². The standard InChI is InChI=1S/C17H31N3O2/c1-14-4-2-3-5-16(14)22-13-17(21)20-9-6-15(12-20)19-10-7-18-8-11-19/h14-16,18H,2-13H2,1H3. The normalized spacial score (nSPS) is 34.0. The van der Waals surface area contributed by atoms with Crippen molar-refractivity contribution in [1.82, 2.24) is 15.1 Å². The van der Waals surface area contributed by atoms with Gasteiger partial charge >= 0.3 is 0 Å². The molecule has 3 aliphatic rings. The van der Waals surface area contributed by atoms with Crippen molar-refractivity contribution in [1.29, 1.82) is 0 Å². The molecule has 126 valence electrons. The molecule has 0 aromatic rings. The van der Waals surface area contributed by atoms with Crippen molar-refractivity contribution in [2.45, 2.75) is 51.2 Å². The second kappa shape index (κ2) is 7.75. The molecule has 0 bridgehead atoms. The summed E-state index contributed by atoms with van der Waals surface area (Å²) in [6, 6.07) is 0.555. The van der Waals surface area contributed by atoms with Crippen LogP contribution in [0.3, 0.4) is 0 Å². The van der Waals surface area contributed by atoms with E-state index in [-0.39, 0.29) is 12.5 Å². The van der Waals surface area contributed by atoms with Gasteiger partial charge in [-0.25, -0.2) is 0 Å². The number of likely N-dealkylation sites (tertiary alicyclic amines) is 1. The number of hydrogen-bond donors (Lipinski definition) is 1. The van der Waals surface area contributed by atoms with Crippen molar-refractivity contribution in [3.63, 3.8) is 0 Å². The number of piperazine rings is 1. The Morgan fingerprint density at radius 3 is 2.68 bits per heavy atom. The van der Waals surface area contributed by atoms with Gasteiger partial charge in [0.1, 0.15) is 6.61 Å². The zero-order valence-corrected chi connectivity index (χ0v) is 13.9. The maximum Gasteiger partial charge on any atom is 0.248 e. The van der Waals surface area contributed by atoms with Gasteiger partial charge in [-0.15, -0.1) is 0 Å². The first kappa shape index (κ1) is 16.2. The van der Waals surface area contributed by atoms with Crippen LogP contribution < -0.4 is 5.32 Å². The molecular weight excluding hydrogens is 278 g/mol. The van der Waals surface area contributed by atoms with Gasteiger partial charge < -0.3 is 15.0 Å². The first-order chi connectivity index (χ1) is 10.7. The van der Waals surface area contributed by atoms with E-state index in [1.54, 1.807) is 0 Å². The Bertz CT molecular complexity index is 371. The molecule has 3 atom stereocenters. The van der Waals surface area contributed by atoms with E-state index in [0.717, 1.165) is 52.1 Å². The lowest BCUT2D eigenvalue weighted by Crippen LogP contribution is -2.49. The van der Waals surface area contributed by atoms with Gasteiger partial charge in [0.05, 0.1) is 6.10 Å². The van der Waals surface area contributed by atoms with Crippen LogP contribution in [0, 0.1) is 5.92 Å². The molecule has 2 heterocycles. The van der Waals surface area contributed by atoms with Crippen LogP contribution in [0.25, 0.3) is 0 Å². The Morgan fingerprint density at radius 1 is 1.14 bits per heavy atom. The Labute approximate surface area is 134 Å². The predicted octanol–water partition coefficient (Wildman–Crippen LogP) is 1.09. The molecule has 22 heavy (non-hydrogen) atoms. The second-order valence-electron chi connectivity index (χ2n) is 7.18. The summed E-state index contributed by atoms with van der Waals surface area (Å²) < 4.78 is 5.94. The van der Waals surface area contributed by atoms with Crippen LogP contribution in [0.5, 0.6) is 0 Å². The number of rotatable bonds is 4. The van der Waals surface area contributed by atoms with Gasteiger partial charge in [-0.2, -0.15) is 0 Å². The van der Waals surface area contributed by atoms with Crippen LogP contribution in [0.4, 0.5) is 0 Å². The summed E-state index contributed by atoms with van der Waals surface area (Å²) in [6.45, 7) is 8.71. The minimum absolute atomic E-state index is 0.190. The number of nitrogens with one attached hydrogen (secondary N) is 1. The Balaban J connectivity index is 1.41. The van der Waals surface area contributed by atoms with Crippen LogP contribution in [-0.2, 0) is 9.53 Å². The fraction of sp³-hybridized carbons (Fsp3) is 0.941. The number of carbonyl (C=O) groups excluding carboxylic acids is 1. The summed E-state index contributed by atoms with van der Waals surface area (Å²) in [6.07, 6.45) is 6.34. The lowest BCUT2D eigenvalue weighted by Gasteiger charge is -2.32. The third kappa shape index (κ3) is 4.00. The molecular formula is C17H31N3O2. The minimum atomic E-state index is 0.190. The van der Waals surface area contributed by atoms with Crippen LogP contribution in [0.2, 0.25) is 0 Å². The summed E-state index contributed by atoms with van der Waals surface area (Å²) in [4.78, 5) is 16.9. The van der Waals surface area contributed by atoms with Crippen LogP contribution in [0.15, 0.2) is 0 Å². The molecule has 5 heteroatoms. The highest BCUT2D eigenvalue weighted by Crippen LogP contribution is 2.26. The number of carbonyl (C=O) groups is 1. The second-order valence-corrected chi connectivity index (χ2v) is 7.18. The zero-order valence-electron chi connectivity index (χ0n) is 13.9. The van der Waals surface area contributed by atoms with Crippen molar-refractivity contribution < 1.29 is 9.53 Å². The van der Waals surface area contributed by atoms with Crippen LogP contribution >= 0.6 is 0 Å². The third-order valence-electron chi connectivity index (χ3n) is 5.64. The molecule has 1 aliphatic carbocycles. The van der Waals surface area contributed by atoms with Crippen molar-refractivity contribution in [3.05, 3.63) is 0 Å². The van der Waals surface area contributed by atoms with Gasteiger partial charge in [0, 0.05) is 45.3 Å². The average molecular weight is 309 g/mol. The van der Waals surface area contributed by atoms with E-state index < -0.39 is 0 Å². The summed E-state index contributed by atoms with van der Waals surface area (Å²) >= 11 is 0. The van der Waals surface area contributed by atoms with Crippen molar-refractivity contribution >= 4 is 5.91 Å². The number of amides is 1. The first-order valence-electron chi connectivity index (χ1n) is 9.08. The molecule has 1 N–H and O–H groups in total. The largest absolute Gasteiger partial charge is 0.368 e. The Kier molecular flexibility index (Phi) is 5.71. The van der Waals surface area contributed by atoms with Gasteiger partial charge in [0.2, 0.25) is 5.91 Å². The summed E-state index contributed by atoms with van der Waals surface area (Å²) in [5.41, 5.74) is 0. The van der Waals surface area contributed by atoms with E-state index in [1.807, 2.05) is 4.90 Å². The summed E-state index contributed by atoms with van der Waals surface area (Å²) in [5, 5.41) is 3.39. The highest BCUT2D eigenvalue weighted by Gasteiger charge is 2.31. The van der Waals surface area contributed by atoms with E-state index in [4.69, 9.17) is 4.74 Å². The molecule has 0 aromatic carbocycles. The number of nitrogens with zero attached hydrogens (tertiary/aromatic N) is 2. The van der Waals surface area contributed by atoms with E-state index in [1.165, 1.54) is 19.3 Å². The zero-order chi connectivity index (χ0) is 15.4. The van der Waals surface area contributed by atoms with Crippen molar-refractivity contribution in [2.24, 2.45) is 5.92 Å². The van der Waals surface area contributed by atoms with E-state index >= 15 is 0 Å². The number of hydrogen-bond acceptors (Lipinski definition) is 4. The molecule has 1 saturated carbocycles. The Morgan fingerprint density at radius 2 is 1.91 bits per heavy atom. The fourth-order valence-electron chi connectivity index (χ4n) is 4.11. The molecule has 5 nitrogen and oxygen atoms in total. The van der Waals surface area contributed by atoms with Gasteiger partial charge in [-0.05, 0) is 25.2 Å². The van der Waals surface area contributed by atoms with Gasteiger partial charge in [-0.1, -0.05) is 19.8 Å². The maximum absolute atomic E-state index is 12.4. The molecule has 0 spiro atoms.